The minimum absolute atomic E-state index is 0.236. The summed E-state index contributed by atoms with van der Waals surface area (Å²) in [4.78, 5) is 26.2. The van der Waals surface area contributed by atoms with Crippen molar-refractivity contribution in [1.82, 2.24) is 4.90 Å². The zero-order valence-corrected chi connectivity index (χ0v) is 11.6. The van der Waals surface area contributed by atoms with E-state index in [0.717, 1.165) is 24.2 Å². The molecule has 3 rings (SSSR count). The number of amides is 2. The molecule has 102 valence electrons. The van der Waals surface area contributed by atoms with Crippen molar-refractivity contribution in [3.05, 3.63) is 34.3 Å². The maximum atomic E-state index is 12.6. The molecule has 20 heavy (non-hydrogen) atoms. The highest BCUT2D eigenvalue weighted by Crippen LogP contribution is 2.40. The number of fused-ring (bicyclic) bond motifs is 1. The molecule has 5 heteroatoms. The van der Waals surface area contributed by atoms with Crippen LogP contribution in [0.15, 0.2) is 18.2 Å². The Bertz CT molecular complexity index is 642. The fourth-order valence-corrected chi connectivity index (χ4v) is 3.41. The molecule has 0 aromatic heterocycles. The molecule has 1 aliphatic carbocycles. The van der Waals surface area contributed by atoms with E-state index in [9.17, 15) is 14.9 Å². The molecule has 0 unspecified atom stereocenters. The lowest BCUT2D eigenvalue weighted by Gasteiger charge is -2.37. The number of halogens is 1. The molecule has 0 spiro atoms. The van der Waals surface area contributed by atoms with Gasteiger partial charge in [-0.15, -0.1) is 0 Å². The Hall–Kier alpha value is -1.86. The summed E-state index contributed by atoms with van der Waals surface area (Å²) in [5.41, 5.74) is -0.462. The second-order valence-corrected chi connectivity index (χ2v) is 5.72. The van der Waals surface area contributed by atoms with E-state index in [4.69, 9.17) is 11.6 Å². The minimum atomic E-state index is -1.01. The number of nitrogens with zero attached hydrogens (tertiary/aromatic N) is 2. The molecule has 2 amide bonds. The first kappa shape index (κ1) is 13.1. The first-order valence-corrected chi connectivity index (χ1v) is 7.07. The fourth-order valence-electron chi connectivity index (χ4n) is 3.16. The Kier molecular flexibility index (Phi) is 3.02. The molecule has 1 heterocycles. The highest BCUT2D eigenvalue weighted by molar-refractivity contribution is 6.37. The van der Waals surface area contributed by atoms with Gasteiger partial charge in [0, 0.05) is 0 Å². The van der Waals surface area contributed by atoms with Crippen LogP contribution >= 0.6 is 11.6 Å². The number of hydrogen-bond donors (Lipinski definition) is 0. The molecule has 0 bridgehead atoms. The normalized spacial score (nSPS) is 20.7. The van der Waals surface area contributed by atoms with Gasteiger partial charge >= 0.3 is 0 Å². The molecule has 2 aliphatic rings. The maximum Gasteiger partial charge on any atom is 0.264 e. The van der Waals surface area contributed by atoms with E-state index in [1.165, 1.54) is 0 Å². The second-order valence-electron chi connectivity index (χ2n) is 5.31. The van der Waals surface area contributed by atoms with Crippen LogP contribution in [0, 0.1) is 11.3 Å². The average Bonchev–Trinajstić information content (AvgIpc) is 2.73. The summed E-state index contributed by atoms with van der Waals surface area (Å²) in [6.45, 7) is 0. The van der Waals surface area contributed by atoms with E-state index >= 15 is 0 Å². The number of nitriles is 1. The van der Waals surface area contributed by atoms with Gasteiger partial charge in [-0.1, -0.05) is 36.9 Å². The standard InChI is InChI=1S/C15H13ClN2O2/c16-11-6-4-5-10-12(11)14(20)18(13(10)19)15(9-17)7-2-1-3-8-15/h4-6H,1-3,7-8H2. The van der Waals surface area contributed by atoms with Gasteiger partial charge in [-0.25, -0.2) is 0 Å². The molecule has 0 N–H and O–H groups in total. The number of carbonyl (C=O) groups excluding carboxylic acids is 2. The lowest BCUT2D eigenvalue weighted by Crippen LogP contribution is -2.52. The van der Waals surface area contributed by atoms with Crippen LogP contribution in [-0.4, -0.2) is 22.3 Å². The van der Waals surface area contributed by atoms with E-state index in [2.05, 4.69) is 6.07 Å². The Morgan fingerprint density at radius 1 is 1.15 bits per heavy atom. The smallest absolute Gasteiger partial charge is 0.264 e. The Morgan fingerprint density at radius 3 is 2.45 bits per heavy atom. The fraction of sp³-hybridized carbons (Fsp3) is 0.400. The molecule has 4 nitrogen and oxygen atoms in total. The van der Waals surface area contributed by atoms with Crippen molar-refractivity contribution in [2.75, 3.05) is 0 Å². The van der Waals surface area contributed by atoms with Crippen molar-refractivity contribution >= 4 is 23.4 Å². The van der Waals surface area contributed by atoms with Crippen molar-refractivity contribution in [2.45, 2.75) is 37.6 Å². The van der Waals surface area contributed by atoms with Gasteiger partial charge in [0.05, 0.1) is 22.2 Å². The lowest BCUT2D eigenvalue weighted by atomic mass is 9.81. The Labute approximate surface area is 121 Å². The zero-order valence-electron chi connectivity index (χ0n) is 10.9. The monoisotopic (exact) mass is 288 g/mol. The predicted molar refractivity (Wildman–Crippen MR) is 73.4 cm³/mol. The van der Waals surface area contributed by atoms with Crippen molar-refractivity contribution < 1.29 is 9.59 Å². The molecule has 1 aromatic rings. The quantitative estimate of drug-likeness (QED) is 0.746. The van der Waals surface area contributed by atoms with Crippen LogP contribution in [0.4, 0.5) is 0 Å². The lowest BCUT2D eigenvalue weighted by molar-refractivity contribution is 0.0448. The van der Waals surface area contributed by atoms with Crippen molar-refractivity contribution in [2.24, 2.45) is 0 Å². The summed E-state index contributed by atoms with van der Waals surface area (Å²) < 4.78 is 0. The van der Waals surface area contributed by atoms with Gasteiger partial charge in [0.1, 0.15) is 5.54 Å². The van der Waals surface area contributed by atoms with Crippen LogP contribution in [-0.2, 0) is 0 Å². The van der Waals surface area contributed by atoms with Crippen LogP contribution in [0.5, 0.6) is 0 Å². The molecular formula is C15H13ClN2O2. The van der Waals surface area contributed by atoms with Gasteiger partial charge in [-0.05, 0) is 25.0 Å². The SMILES string of the molecule is N#CC1(N2C(=O)c3cccc(Cl)c3C2=O)CCCCC1. The summed E-state index contributed by atoms with van der Waals surface area (Å²) >= 11 is 6.04. The average molecular weight is 289 g/mol. The van der Waals surface area contributed by atoms with Gasteiger partial charge in [0.25, 0.3) is 11.8 Å². The summed E-state index contributed by atoms with van der Waals surface area (Å²) in [5, 5.41) is 9.83. The van der Waals surface area contributed by atoms with Crippen LogP contribution in [0.2, 0.25) is 5.02 Å². The van der Waals surface area contributed by atoms with E-state index < -0.39 is 17.4 Å². The van der Waals surface area contributed by atoms with Gasteiger partial charge in [-0.3, -0.25) is 14.5 Å². The third kappa shape index (κ3) is 1.66. The van der Waals surface area contributed by atoms with Crippen LogP contribution in [0.1, 0.15) is 52.8 Å². The van der Waals surface area contributed by atoms with Gasteiger partial charge in [0.2, 0.25) is 0 Å². The van der Waals surface area contributed by atoms with E-state index in [-0.39, 0.29) is 10.6 Å². The first-order valence-electron chi connectivity index (χ1n) is 6.69. The Balaban J connectivity index is 2.10. The molecule has 0 atom stereocenters. The number of imide groups is 1. The molecule has 1 aliphatic heterocycles. The highest BCUT2D eigenvalue weighted by atomic mass is 35.5. The maximum absolute atomic E-state index is 12.6. The number of benzene rings is 1. The summed E-state index contributed by atoms with van der Waals surface area (Å²) in [5.74, 6) is -0.824. The summed E-state index contributed by atoms with van der Waals surface area (Å²) in [7, 11) is 0. The van der Waals surface area contributed by atoms with E-state index in [1.54, 1.807) is 18.2 Å². The minimum Gasteiger partial charge on any atom is -0.269 e. The molecule has 0 saturated heterocycles. The van der Waals surface area contributed by atoms with Crippen LogP contribution in [0.3, 0.4) is 0 Å². The van der Waals surface area contributed by atoms with E-state index in [0.29, 0.717) is 18.4 Å². The first-order chi connectivity index (χ1) is 9.60. The highest BCUT2D eigenvalue weighted by Gasteiger charge is 2.50. The predicted octanol–water partition coefficient (Wildman–Crippen LogP) is 3.16. The van der Waals surface area contributed by atoms with Crippen molar-refractivity contribution in [3.63, 3.8) is 0 Å². The van der Waals surface area contributed by atoms with Gasteiger partial charge < -0.3 is 0 Å². The van der Waals surface area contributed by atoms with Gasteiger partial charge in [-0.2, -0.15) is 5.26 Å². The number of rotatable bonds is 1. The molecular weight excluding hydrogens is 276 g/mol. The van der Waals surface area contributed by atoms with E-state index in [1.807, 2.05) is 0 Å². The van der Waals surface area contributed by atoms with Gasteiger partial charge in [0.15, 0.2) is 0 Å². The molecule has 1 fully saturated rings. The molecule has 0 radical (unpaired) electrons. The third-order valence-corrected chi connectivity index (χ3v) is 4.50. The number of carbonyl (C=O) groups is 2. The van der Waals surface area contributed by atoms with Crippen molar-refractivity contribution in [1.29, 1.82) is 5.26 Å². The third-order valence-electron chi connectivity index (χ3n) is 4.18. The summed E-state index contributed by atoms with van der Waals surface area (Å²) in [6.07, 6.45) is 3.84. The largest absolute Gasteiger partial charge is 0.269 e. The second kappa shape index (κ2) is 4.60. The van der Waals surface area contributed by atoms with Crippen LogP contribution in [0.25, 0.3) is 0 Å². The Morgan fingerprint density at radius 2 is 1.85 bits per heavy atom. The number of hydrogen-bond acceptors (Lipinski definition) is 3. The topological polar surface area (TPSA) is 61.2 Å². The molecule has 1 saturated carbocycles. The zero-order chi connectivity index (χ0) is 14.3. The van der Waals surface area contributed by atoms with Crippen molar-refractivity contribution in [3.8, 4) is 6.07 Å². The van der Waals surface area contributed by atoms with Crippen LogP contribution < -0.4 is 0 Å². The molecule has 1 aromatic carbocycles. The summed E-state index contributed by atoms with van der Waals surface area (Å²) in [6, 6.07) is 7.05.